The van der Waals surface area contributed by atoms with Gasteiger partial charge in [0.1, 0.15) is 0 Å². The van der Waals surface area contributed by atoms with Crippen molar-refractivity contribution in [3.8, 4) is 44.5 Å². The molecule has 0 amide bonds. The summed E-state index contributed by atoms with van der Waals surface area (Å²) in [4.78, 5) is 2.46. The van der Waals surface area contributed by atoms with E-state index in [9.17, 15) is 0 Å². The van der Waals surface area contributed by atoms with Crippen molar-refractivity contribution in [2.24, 2.45) is 0 Å². The van der Waals surface area contributed by atoms with Crippen molar-refractivity contribution < 1.29 is 0 Å². The molecule has 1 heteroatoms. The first-order valence-corrected chi connectivity index (χ1v) is 17.4. The maximum absolute atomic E-state index is 2.46. The van der Waals surface area contributed by atoms with E-state index in [1.54, 1.807) is 0 Å². The summed E-state index contributed by atoms with van der Waals surface area (Å²) in [5.74, 6) is 0. The molecule has 0 spiro atoms. The first-order valence-electron chi connectivity index (χ1n) is 17.4. The van der Waals surface area contributed by atoms with Gasteiger partial charge in [0.25, 0.3) is 0 Å². The molecule has 1 nitrogen and oxygen atoms in total. The van der Waals surface area contributed by atoms with E-state index in [2.05, 4.69) is 205 Å². The first kappa shape index (κ1) is 28.6. The lowest BCUT2D eigenvalue weighted by Gasteiger charge is -2.31. The molecule has 0 aromatic heterocycles. The lowest BCUT2D eigenvalue weighted by Crippen LogP contribution is -2.26. The van der Waals surface area contributed by atoms with Crippen molar-refractivity contribution in [3.63, 3.8) is 0 Å². The number of hydrogen-bond donors (Lipinski definition) is 0. The van der Waals surface area contributed by atoms with Crippen LogP contribution in [0.25, 0.3) is 44.5 Å². The van der Waals surface area contributed by atoms with Gasteiger partial charge in [-0.2, -0.15) is 0 Å². The Morgan fingerprint density at radius 2 is 0.760 bits per heavy atom. The molecule has 0 N–H and O–H groups in total. The van der Waals surface area contributed by atoms with Gasteiger partial charge in [-0.1, -0.05) is 170 Å². The Morgan fingerprint density at radius 1 is 0.320 bits per heavy atom. The highest BCUT2D eigenvalue weighted by Gasteiger charge is 2.53. The average molecular weight is 636 g/mol. The Balaban J connectivity index is 1.24. The molecule has 234 valence electrons. The zero-order valence-corrected chi connectivity index (χ0v) is 27.5. The Hall–Kier alpha value is -6.44. The fourth-order valence-electron chi connectivity index (χ4n) is 8.59. The smallest absolute Gasteiger partial charge is 0.0726 e. The van der Waals surface area contributed by atoms with E-state index in [4.69, 9.17) is 0 Å². The molecule has 1 atom stereocenters. The Labute approximate surface area is 293 Å². The van der Waals surface area contributed by atoms with Gasteiger partial charge in [0, 0.05) is 16.9 Å². The number of rotatable bonds is 6. The third-order valence-corrected chi connectivity index (χ3v) is 10.7. The van der Waals surface area contributed by atoms with Crippen molar-refractivity contribution in [2.75, 3.05) is 4.90 Å². The molecule has 0 heterocycles. The van der Waals surface area contributed by atoms with E-state index >= 15 is 0 Å². The molecule has 50 heavy (non-hydrogen) atoms. The Morgan fingerprint density at radius 3 is 1.32 bits per heavy atom. The molecule has 2 aliphatic carbocycles. The van der Waals surface area contributed by atoms with Gasteiger partial charge in [-0.15, -0.1) is 0 Å². The van der Waals surface area contributed by atoms with Crippen molar-refractivity contribution in [1.82, 2.24) is 0 Å². The molecule has 0 saturated carbocycles. The molecule has 0 fully saturated rings. The second-order valence-electron chi connectivity index (χ2n) is 13.3. The second kappa shape index (κ2) is 11.3. The van der Waals surface area contributed by atoms with Crippen LogP contribution in [0, 0.1) is 0 Å². The predicted octanol–water partition coefficient (Wildman–Crippen LogP) is 12.8. The molecule has 8 aromatic rings. The maximum atomic E-state index is 2.46. The average Bonchev–Trinajstić information content (AvgIpc) is 3.68. The molecular formula is C49H33N. The summed E-state index contributed by atoms with van der Waals surface area (Å²) in [5.41, 5.74) is 18.5. The lowest BCUT2D eigenvalue weighted by molar-refractivity contribution is 0.792. The Bertz CT molecular complexity index is 2420. The van der Waals surface area contributed by atoms with E-state index in [1.807, 2.05) is 0 Å². The highest BCUT2D eigenvalue weighted by Crippen LogP contribution is 2.66. The summed E-state index contributed by atoms with van der Waals surface area (Å²) in [6, 6.07) is 73.3. The normalized spacial score (nSPS) is 14.9. The van der Waals surface area contributed by atoms with Crippen LogP contribution < -0.4 is 4.90 Å². The largest absolute Gasteiger partial charge is 0.310 e. The van der Waals surface area contributed by atoms with Gasteiger partial charge in [0.2, 0.25) is 0 Å². The molecule has 10 rings (SSSR count). The zero-order valence-electron chi connectivity index (χ0n) is 27.5. The molecule has 0 aliphatic heterocycles. The topological polar surface area (TPSA) is 3.24 Å². The molecule has 0 bridgehead atoms. The summed E-state index contributed by atoms with van der Waals surface area (Å²) in [7, 11) is 0. The molecule has 0 unspecified atom stereocenters. The summed E-state index contributed by atoms with van der Waals surface area (Å²) in [6.07, 6.45) is 0. The van der Waals surface area contributed by atoms with Gasteiger partial charge < -0.3 is 4.90 Å². The zero-order chi connectivity index (χ0) is 33.1. The van der Waals surface area contributed by atoms with Crippen LogP contribution in [0.3, 0.4) is 0 Å². The third-order valence-electron chi connectivity index (χ3n) is 10.7. The van der Waals surface area contributed by atoms with Crippen LogP contribution in [0.1, 0.15) is 22.3 Å². The van der Waals surface area contributed by atoms with Gasteiger partial charge in [0.05, 0.1) is 11.1 Å². The quantitative estimate of drug-likeness (QED) is 0.176. The van der Waals surface area contributed by atoms with Gasteiger partial charge in [-0.3, -0.25) is 0 Å². The van der Waals surface area contributed by atoms with Crippen LogP contribution in [-0.2, 0) is 5.41 Å². The van der Waals surface area contributed by atoms with Crippen LogP contribution >= 0.6 is 0 Å². The van der Waals surface area contributed by atoms with Crippen molar-refractivity contribution >= 4 is 17.1 Å². The number of fused-ring (bicyclic) bond motifs is 6. The van der Waals surface area contributed by atoms with Gasteiger partial charge >= 0.3 is 0 Å². The van der Waals surface area contributed by atoms with E-state index < -0.39 is 5.41 Å². The standard InChI is InChI=1S/C49H33N/c1-4-14-34(15-5-1)36-24-28-39(29-25-36)50(40-30-26-37(27-31-40)35-16-6-2-7-17-35)46-33-32-42-41-20-10-12-22-44(41)49(38-18-8-3-9-19-38)45-23-13-11-21-43(45)47(46)48(42)49/h1-33H/t49-/m0/s1. The monoisotopic (exact) mass is 635 g/mol. The third kappa shape index (κ3) is 4.14. The van der Waals surface area contributed by atoms with Gasteiger partial charge in [-0.05, 0) is 91.5 Å². The van der Waals surface area contributed by atoms with Crippen LogP contribution in [0.4, 0.5) is 17.1 Å². The molecule has 2 aliphatic rings. The second-order valence-corrected chi connectivity index (χ2v) is 13.3. The summed E-state index contributed by atoms with van der Waals surface area (Å²) >= 11 is 0. The number of anilines is 3. The summed E-state index contributed by atoms with van der Waals surface area (Å²) < 4.78 is 0. The maximum Gasteiger partial charge on any atom is 0.0726 e. The number of nitrogens with zero attached hydrogens (tertiary/aromatic N) is 1. The fourth-order valence-corrected chi connectivity index (χ4v) is 8.59. The SMILES string of the molecule is c1ccc(-c2ccc(N(c3ccc(-c4ccccc4)cc3)c3ccc4c5c3-c3ccccc3[C@]5(c3ccccc3)c3ccccc3-4)cc2)cc1. The summed E-state index contributed by atoms with van der Waals surface area (Å²) in [5, 5.41) is 0. The van der Waals surface area contributed by atoms with Gasteiger partial charge in [-0.25, -0.2) is 0 Å². The first-order chi connectivity index (χ1) is 24.8. The summed E-state index contributed by atoms with van der Waals surface area (Å²) in [6.45, 7) is 0. The highest BCUT2D eigenvalue weighted by molar-refractivity contribution is 6.05. The van der Waals surface area contributed by atoms with Crippen molar-refractivity contribution in [2.45, 2.75) is 5.41 Å². The van der Waals surface area contributed by atoms with E-state index in [0.29, 0.717) is 0 Å². The van der Waals surface area contributed by atoms with Crippen LogP contribution in [0.2, 0.25) is 0 Å². The number of hydrogen-bond acceptors (Lipinski definition) is 1. The minimum atomic E-state index is -0.394. The van der Waals surface area contributed by atoms with Crippen LogP contribution in [0.15, 0.2) is 200 Å². The predicted molar refractivity (Wildman–Crippen MR) is 208 cm³/mol. The number of benzene rings is 8. The lowest BCUT2D eigenvalue weighted by atomic mass is 9.70. The van der Waals surface area contributed by atoms with E-state index in [-0.39, 0.29) is 0 Å². The molecule has 0 saturated heterocycles. The van der Waals surface area contributed by atoms with Crippen LogP contribution in [0.5, 0.6) is 0 Å². The minimum absolute atomic E-state index is 0.394. The van der Waals surface area contributed by atoms with Crippen molar-refractivity contribution in [3.05, 3.63) is 222 Å². The van der Waals surface area contributed by atoms with Gasteiger partial charge in [0.15, 0.2) is 0 Å². The highest BCUT2D eigenvalue weighted by atomic mass is 15.1. The van der Waals surface area contributed by atoms with Crippen molar-refractivity contribution in [1.29, 1.82) is 0 Å². The molecule has 0 radical (unpaired) electrons. The Kier molecular flexibility index (Phi) is 6.47. The van der Waals surface area contributed by atoms with E-state index in [0.717, 1.165) is 11.4 Å². The fraction of sp³-hybridized carbons (Fsp3) is 0.0204. The minimum Gasteiger partial charge on any atom is -0.310 e. The van der Waals surface area contributed by atoms with Crippen LogP contribution in [-0.4, -0.2) is 0 Å². The molecular weight excluding hydrogens is 603 g/mol. The van der Waals surface area contributed by atoms with E-state index in [1.165, 1.54) is 72.4 Å². The molecule has 8 aromatic carbocycles.